The second kappa shape index (κ2) is 8.73. The van der Waals surface area contributed by atoms with Crippen molar-refractivity contribution in [3.63, 3.8) is 0 Å². The van der Waals surface area contributed by atoms with E-state index in [1.807, 2.05) is 54.1 Å². The van der Waals surface area contributed by atoms with Crippen molar-refractivity contribution in [1.29, 1.82) is 0 Å². The van der Waals surface area contributed by atoms with Crippen molar-refractivity contribution < 1.29 is 9.53 Å². The first kappa shape index (κ1) is 19.0. The fraction of sp³-hybridized carbons (Fsp3) is 0.238. The van der Waals surface area contributed by atoms with Gasteiger partial charge in [-0.15, -0.1) is 0 Å². The molecule has 0 aliphatic heterocycles. The molecule has 3 rings (SSSR count). The van der Waals surface area contributed by atoms with Gasteiger partial charge in [0.1, 0.15) is 11.6 Å². The zero-order chi connectivity index (χ0) is 19.2. The number of halogens is 1. The molecule has 0 unspecified atom stereocenters. The lowest BCUT2D eigenvalue weighted by atomic mass is 10.2. The van der Waals surface area contributed by atoms with Gasteiger partial charge in [0.15, 0.2) is 0 Å². The Hall–Kier alpha value is -2.79. The fourth-order valence-corrected chi connectivity index (χ4v) is 3.12. The van der Waals surface area contributed by atoms with E-state index in [2.05, 4.69) is 4.98 Å². The number of carbonyl (C=O) groups excluding carboxylic acids is 1. The molecule has 0 N–H and O–H groups in total. The van der Waals surface area contributed by atoms with Gasteiger partial charge in [-0.2, -0.15) is 0 Å². The molecule has 140 valence electrons. The SMILES string of the molecule is CCN(Cc1nccn1Cc1cccc(Cl)c1)C(=O)c1cccc(OC)c1. The van der Waals surface area contributed by atoms with Crippen LogP contribution in [0.1, 0.15) is 28.7 Å². The first-order valence-corrected chi connectivity index (χ1v) is 9.16. The zero-order valence-electron chi connectivity index (χ0n) is 15.4. The highest BCUT2D eigenvalue weighted by Gasteiger charge is 2.17. The van der Waals surface area contributed by atoms with Crippen LogP contribution < -0.4 is 4.74 Å². The lowest BCUT2D eigenvalue weighted by Crippen LogP contribution is -2.31. The summed E-state index contributed by atoms with van der Waals surface area (Å²) in [5, 5.41) is 0.706. The van der Waals surface area contributed by atoms with Gasteiger partial charge in [-0.25, -0.2) is 4.98 Å². The third-order valence-corrected chi connectivity index (χ3v) is 4.60. The van der Waals surface area contributed by atoms with Crippen LogP contribution >= 0.6 is 11.6 Å². The Morgan fingerprint density at radius 2 is 2.04 bits per heavy atom. The van der Waals surface area contributed by atoms with Gasteiger partial charge in [-0.1, -0.05) is 29.8 Å². The summed E-state index contributed by atoms with van der Waals surface area (Å²) in [5.41, 5.74) is 1.69. The lowest BCUT2D eigenvalue weighted by Gasteiger charge is -2.21. The molecule has 5 nitrogen and oxygen atoms in total. The van der Waals surface area contributed by atoms with E-state index in [0.717, 1.165) is 11.4 Å². The molecule has 0 bridgehead atoms. The number of hydrogen-bond acceptors (Lipinski definition) is 3. The molecule has 1 amide bonds. The molecule has 0 aliphatic rings. The van der Waals surface area contributed by atoms with Crippen LogP contribution in [0.3, 0.4) is 0 Å². The molecule has 27 heavy (non-hydrogen) atoms. The highest BCUT2D eigenvalue weighted by atomic mass is 35.5. The Balaban J connectivity index is 1.77. The quantitative estimate of drug-likeness (QED) is 0.612. The molecular weight excluding hydrogens is 362 g/mol. The Kier molecular flexibility index (Phi) is 6.14. The van der Waals surface area contributed by atoms with Crippen LogP contribution in [0.2, 0.25) is 5.02 Å². The van der Waals surface area contributed by atoms with E-state index in [1.54, 1.807) is 30.3 Å². The average molecular weight is 384 g/mol. The van der Waals surface area contributed by atoms with E-state index in [9.17, 15) is 4.79 Å². The molecule has 0 aliphatic carbocycles. The van der Waals surface area contributed by atoms with Crippen LogP contribution in [-0.2, 0) is 13.1 Å². The van der Waals surface area contributed by atoms with Crippen LogP contribution in [0.5, 0.6) is 5.75 Å². The standard InChI is InChI=1S/C21H22ClN3O2/c1-3-24(21(26)17-7-5-9-19(13-17)27-2)15-20-23-10-11-25(20)14-16-6-4-8-18(22)12-16/h4-13H,3,14-15H2,1-2H3. The summed E-state index contributed by atoms with van der Waals surface area (Å²) < 4.78 is 7.26. The third kappa shape index (κ3) is 4.68. The maximum absolute atomic E-state index is 12.9. The van der Waals surface area contributed by atoms with Crippen molar-refractivity contribution in [3.05, 3.63) is 82.9 Å². The second-order valence-electron chi connectivity index (χ2n) is 6.15. The van der Waals surface area contributed by atoms with Gasteiger partial charge in [-0.05, 0) is 42.8 Å². The molecular formula is C21H22ClN3O2. The van der Waals surface area contributed by atoms with Crippen LogP contribution in [0.15, 0.2) is 60.9 Å². The first-order chi connectivity index (χ1) is 13.1. The number of aromatic nitrogens is 2. The van der Waals surface area contributed by atoms with Crippen molar-refractivity contribution in [2.45, 2.75) is 20.0 Å². The van der Waals surface area contributed by atoms with Crippen LogP contribution in [0.25, 0.3) is 0 Å². The summed E-state index contributed by atoms with van der Waals surface area (Å²) in [6.45, 7) is 3.63. The molecule has 0 spiro atoms. The van der Waals surface area contributed by atoms with Crippen molar-refractivity contribution >= 4 is 17.5 Å². The van der Waals surface area contributed by atoms with E-state index >= 15 is 0 Å². The second-order valence-corrected chi connectivity index (χ2v) is 6.59. The molecule has 0 radical (unpaired) electrons. The predicted octanol–water partition coefficient (Wildman–Crippen LogP) is 4.26. The number of benzene rings is 2. The number of hydrogen-bond donors (Lipinski definition) is 0. The van der Waals surface area contributed by atoms with Crippen molar-refractivity contribution in [2.24, 2.45) is 0 Å². The minimum absolute atomic E-state index is 0.0475. The van der Waals surface area contributed by atoms with E-state index in [-0.39, 0.29) is 5.91 Å². The van der Waals surface area contributed by atoms with E-state index in [1.165, 1.54) is 0 Å². The number of rotatable bonds is 7. The number of nitrogens with zero attached hydrogens (tertiary/aromatic N) is 3. The Labute approximate surface area is 164 Å². The predicted molar refractivity (Wildman–Crippen MR) is 106 cm³/mol. The number of imidazole rings is 1. The third-order valence-electron chi connectivity index (χ3n) is 4.36. The summed E-state index contributed by atoms with van der Waals surface area (Å²) in [7, 11) is 1.59. The molecule has 1 heterocycles. The molecule has 3 aromatic rings. The number of methoxy groups -OCH3 is 1. The summed E-state index contributed by atoms with van der Waals surface area (Å²) >= 11 is 6.08. The molecule has 0 saturated heterocycles. The van der Waals surface area contributed by atoms with Crippen molar-refractivity contribution in [2.75, 3.05) is 13.7 Å². The summed E-state index contributed by atoms with van der Waals surface area (Å²) in [6, 6.07) is 14.9. The highest BCUT2D eigenvalue weighted by Crippen LogP contribution is 2.17. The minimum Gasteiger partial charge on any atom is -0.497 e. The Morgan fingerprint density at radius 3 is 2.78 bits per heavy atom. The van der Waals surface area contributed by atoms with Gasteiger partial charge in [-0.3, -0.25) is 4.79 Å². The number of ether oxygens (including phenoxy) is 1. The van der Waals surface area contributed by atoms with Gasteiger partial charge >= 0.3 is 0 Å². The van der Waals surface area contributed by atoms with Gasteiger partial charge in [0, 0.05) is 36.1 Å². The molecule has 6 heteroatoms. The molecule has 0 atom stereocenters. The lowest BCUT2D eigenvalue weighted by molar-refractivity contribution is 0.0746. The van der Waals surface area contributed by atoms with E-state index in [0.29, 0.717) is 36.0 Å². The minimum atomic E-state index is -0.0475. The van der Waals surface area contributed by atoms with Gasteiger partial charge in [0.25, 0.3) is 5.91 Å². The summed E-state index contributed by atoms with van der Waals surface area (Å²) in [6.07, 6.45) is 3.67. The molecule has 1 aromatic heterocycles. The van der Waals surface area contributed by atoms with Crippen LogP contribution in [0.4, 0.5) is 0 Å². The Bertz CT molecular complexity index is 923. The number of amides is 1. The monoisotopic (exact) mass is 383 g/mol. The maximum atomic E-state index is 12.9. The van der Waals surface area contributed by atoms with Crippen LogP contribution in [-0.4, -0.2) is 34.0 Å². The van der Waals surface area contributed by atoms with Crippen molar-refractivity contribution in [3.8, 4) is 5.75 Å². The molecule has 0 fully saturated rings. The van der Waals surface area contributed by atoms with E-state index < -0.39 is 0 Å². The van der Waals surface area contributed by atoms with Gasteiger partial charge < -0.3 is 14.2 Å². The summed E-state index contributed by atoms with van der Waals surface area (Å²) in [5.74, 6) is 1.45. The molecule has 2 aromatic carbocycles. The van der Waals surface area contributed by atoms with Crippen LogP contribution in [0, 0.1) is 0 Å². The smallest absolute Gasteiger partial charge is 0.254 e. The van der Waals surface area contributed by atoms with Gasteiger partial charge in [0.2, 0.25) is 0 Å². The average Bonchev–Trinajstić information content (AvgIpc) is 3.12. The van der Waals surface area contributed by atoms with Gasteiger partial charge in [0.05, 0.1) is 13.7 Å². The first-order valence-electron chi connectivity index (χ1n) is 8.78. The Morgan fingerprint density at radius 1 is 1.22 bits per heavy atom. The molecule has 0 saturated carbocycles. The topological polar surface area (TPSA) is 47.4 Å². The highest BCUT2D eigenvalue weighted by molar-refractivity contribution is 6.30. The number of carbonyl (C=O) groups is 1. The normalized spacial score (nSPS) is 10.6. The zero-order valence-corrected chi connectivity index (χ0v) is 16.2. The van der Waals surface area contributed by atoms with E-state index in [4.69, 9.17) is 16.3 Å². The fourth-order valence-electron chi connectivity index (χ4n) is 2.90. The van der Waals surface area contributed by atoms with Crippen molar-refractivity contribution in [1.82, 2.24) is 14.5 Å². The maximum Gasteiger partial charge on any atom is 0.254 e. The largest absolute Gasteiger partial charge is 0.497 e. The summed E-state index contributed by atoms with van der Waals surface area (Å²) in [4.78, 5) is 19.1.